The maximum atomic E-state index is 15.7. The number of carboxylic acids is 1. The van der Waals surface area contributed by atoms with Gasteiger partial charge in [-0.15, -0.1) is 0 Å². The SMILES string of the molecule is CNCc1cc(NC(=O)[C@H](CCCNC(N)=O)NC(=O)[C@@H](NC(=O)CCOCCOCCOCCNC(=O)CN(CC(=O)NCCOCCOCCOCCC(=O)O)C(=O)CCOCCNC(=O)OC(C)(C)C)C(C)C)ccc1C[N+](C)(C)C(CC[C@@H]1Cc2ccccc2CN1C(=O)c1ccc(Cl)cc1-c1cc(C(=O)N(c2ccc(O)cc2)c2cc(C#N)n(C)c2C)c(C)n1C)OC(=O)C(F)(F)F. The Morgan fingerprint density at radius 1 is 0.645 bits per heavy atom. The Balaban J connectivity index is 0.923. The molecular weight excluding hydrogens is 1830 g/mol. The van der Waals surface area contributed by atoms with E-state index in [4.69, 9.17) is 65.1 Å². The minimum atomic E-state index is -5.41. The molecule has 0 bridgehead atoms. The quantitative estimate of drug-likeness (QED) is 0.00757. The van der Waals surface area contributed by atoms with Gasteiger partial charge in [0.1, 0.15) is 54.8 Å². The number of hydrogen-bond acceptors (Lipinski definition) is 24. The third-order valence-corrected chi connectivity index (χ3v) is 22.5. The van der Waals surface area contributed by atoms with Crippen LogP contribution in [0.25, 0.3) is 11.3 Å². The molecule has 1 aliphatic heterocycles. The number of nitrogens with zero attached hydrogens (tertiary/aromatic N) is 7. The van der Waals surface area contributed by atoms with E-state index < -0.39 is 126 Å². The van der Waals surface area contributed by atoms with Crippen LogP contribution in [0.4, 0.5) is 39.8 Å². The van der Waals surface area contributed by atoms with Crippen LogP contribution in [0.2, 0.25) is 5.02 Å². The number of nitriles is 1. The number of quaternary nitrogens is 1. The lowest BCUT2D eigenvalue weighted by Gasteiger charge is -2.41. The van der Waals surface area contributed by atoms with Crippen LogP contribution in [0.1, 0.15) is 140 Å². The molecule has 1 unspecified atom stereocenters. The summed E-state index contributed by atoms with van der Waals surface area (Å²) >= 11 is 6.79. The number of nitrogens with one attached hydrogen (secondary N) is 8. The number of nitrogens with two attached hydrogens (primary N) is 1. The lowest BCUT2D eigenvalue weighted by Crippen LogP contribution is -2.54. The van der Waals surface area contributed by atoms with E-state index in [-0.39, 0.29) is 227 Å². The molecule has 0 saturated heterocycles. The van der Waals surface area contributed by atoms with E-state index in [0.29, 0.717) is 45.1 Å². The van der Waals surface area contributed by atoms with Crippen molar-refractivity contribution in [3.63, 3.8) is 0 Å². The molecule has 4 atom stereocenters. The number of urea groups is 1. The molecule has 4 aromatic carbocycles. The number of anilines is 3. The van der Waals surface area contributed by atoms with Crippen LogP contribution in [0.3, 0.4) is 0 Å². The summed E-state index contributed by atoms with van der Waals surface area (Å²) in [6.45, 7) is 13.0. The summed E-state index contributed by atoms with van der Waals surface area (Å²) in [5.41, 5.74) is 11.1. The number of amides is 11. The lowest BCUT2D eigenvalue weighted by molar-refractivity contribution is -0.947. The number of primary amides is 1. The minimum Gasteiger partial charge on any atom is -0.508 e. The van der Waals surface area contributed by atoms with Crippen molar-refractivity contribution in [2.75, 3.05) is 163 Å². The lowest BCUT2D eigenvalue weighted by atomic mass is 9.90. The second kappa shape index (κ2) is 55.9. The Hall–Kier alpha value is -12.3. The molecule has 11 amide bonds. The van der Waals surface area contributed by atoms with Crippen LogP contribution >= 0.6 is 11.6 Å². The standard InChI is InChI=1S/C95H130ClF3N16O23/c1-61(2)86(109-80(117)29-36-131-42-46-135-48-44-133-39-33-103-81(118)58-112(83(120)30-37-130-41-35-106-93(129)138-94(5,6)7)59-82(119)104-34-40-134-45-49-136-47-43-132-38-31-85(121)122)88(124)108-77(18-15-32-105-92(101)128)87(123)107-69-21-19-66(67(50-69)56-102-8)60-115(11,12)84(137-91(127)95(97,98)99)28-24-71-51-64-16-13-14-17-65(64)57-113(71)89(125)74-27-20-68(96)52-76(74)79-54-75(62(3)111(79)10)90(126)114(70-22-25-73(116)26-23-70)78-53-72(55-100)110(9)63(78)4/h13-14,16-17,19-23,25-27,50,52-54,61,71,77,84,86,102H,15,18,24,28-49,51,56-60H2,1-12H3,(H10-,101,103,104,105,106,107,108,109,116,117,118,119,121,122,123,124,128,129)/p+1/t71-,77+,84?,86+/m1/s1. The zero-order chi connectivity index (χ0) is 101. The average molecular weight is 1960 g/mol. The molecular formula is C95H131ClF3N16O23+. The van der Waals surface area contributed by atoms with Crippen LogP contribution in [0.5, 0.6) is 5.75 Å². The van der Waals surface area contributed by atoms with E-state index in [1.165, 1.54) is 17.0 Å². The molecule has 0 saturated carbocycles. The number of aromatic hydroxyl groups is 1. The number of halogens is 4. The van der Waals surface area contributed by atoms with Gasteiger partial charge in [0.2, 0.25) is 41.7 Å². The number of alkyl carbamates (subject to hydrolysis) is 1. The minimum absolute atomic E-state index is 0.0212. The third-order valence-electron chi connectivity index (χ3n) is 22.3. The van der Waals surface area contributed by atoms with Gasteiger partial charge in [0.15, 0.2) is 0 Å². The first-order valence-electron chi connectivity index (χ1n) is 45.4. The fourth-order valence-corrected chi connectivity index (χ4v) is 15.1. The van der Waals surface area contributed by atoms with Gasteiger partial charge in [-0.25, -0.2) is 14.4 Å². The third kappa shape index (κ3) is 36.9. The van der Waals surface area contributed by atoms with Crippen molar-refractivity contribution in [2.24, 2.45) is 25.7 Å². The van der Waals surface area contributed by atoms with E-state index in [2.05, 4.69) is 48.6 Å². The van der Waals surface area contributed by atoms with Crippen molar-refractivity contribution in [3.8, 4) is 23.1 Å². The van der Waals surface area contributed by atoms with Gasteiger partial charge < -0.3 is 120 Å². The molecule has 39 nitrogen and oxygen atoms in total. The van der Waals surface area contributed by atoms with Gasteiger partial charge in [0.25, 0.3) is 11.8 Å². The number of aliphatic carboxylic acids is 1. The number of hydrogen-bond donors (Lipinski definition) is 11. The van der Waals surface area contributed by atoms with Crippen molar-refractivity contribution in [1.29, 1.82) is 5.26 Å². The molecule has 3 heterocycles. The fraction of sp³-hybridized carbons (Fsp3) is 0.526. The highest BCUT2D eigenvalue weighted by Crippen LogP contribution is 2.39. The first-order chi connectivity index (χ1) is 65.5. The number of esters is 1. The Bertz CT molecular complexity index is 5140. The molecule has 0 radical (unpaired) electrons. The van der Waals surface area contributed by atoms with Crippen LogP contribution < -0.4 is 53.2 Å². The van der Waals surface area contributed by atoms with Crippen molar-refractivity contribution in [3.05, 3.63) is 153 Å². The van der Waals surface area contributed by atoms with Crippen molar-refractivity contribution in [2.45, 2.75) is 156 Å². The number of alkyl halides is 3. The van der Waals surface area contributed by atoms with Crippen LogP contribution in [0.15, 0.2) is 97.1 Å². The first kappa shape index (κ1) is 113. The van der Waals surface area contributed by atoms with E-state index in [0.717, 1.165) is 16.0 Å². The molecule has 2 aromatic heterocycles. The molecule has 0 aliphatic carbocycles. The van der Waals surface area contributed by atoms with Crippen molar-refractivity contribution in [1.82, 2.24) is 56.2 Å². The monoisotopic (exact) mass is 1960 g/mol. The highest BCUT2D eigenvalue weighted by atomic mass is 35.5. The van der Waals surface area contributed by atoms with Gasteiger partial charge in [-0.1, -0.05) is 55.8 Å². The number of phenolic OH excluding ortho intramolecular Hbond substituents is 1. The number of fused-ring (bicyclic) bond motifs is 1. The number of aromatic nitrogens is 2. The number of benzene rings is 4. The van der Waals surface area contributed by atoms with Gasteiger partial charge in [-0.3, -0.25) is 52.5 Å². The number of carbonyl (C=O) groups is 12. The number of phenols is 1. The predicted molar refractivity (Wildman–Crippen MR) is 502 cm³/mol. The van der Waals surface area contributed by atoms with E-state index in [1.807, 2.05) is 24.3 Å². The van der Waals surface area contributed by atoms with Crippen LogP contribution in [-0.4, -0.2) is 294 Å². The zero-order valence-corrected chi connectivity index (χ0v) is 81.0. The Labute approximate surface area is 805 Å². The number of carboxylic acid groups (broad SMARTS) is 1. The Morgan fingerprint density at radius 3 is 1.80 bits per heavy atom. The summed E-state index contributed by atoms with van der Waals surface area (Å²) < 4.78 is 95.6. The van der Waals surface area contributed by atoms with E-state index >= 15 is 9.59 Å². The second-order valence-corrected chi connectivity index (χ2v) is 35.1. The summed E-state index contributed by atoms with van der Waals surface area (Å²) in [5.74, 6) is -8.54. The largest absolute Gasteiger partial charge is 0.508 e. The van der Waals surface area contributed by atoms with Gasteiger partial charge in [0, 0.05) is 122 Å². The van der Waals surface area contributed by atoms with Gasteiger partial charge in [0.05, 0.1) is 131 Å². The average Bonchev–Trinajstić information content (AvgIpc) is 1.61. The zero-order valence-electron chi connectivity index (χ0n) is 80.2. The molecule has 6 aromatic rings. The number of carbonyl (C=O) groups excluding carboxylic acids is 11. The van der Waals surface area contributed by atoms with Gasteiger partial charge in [-0.2, -0.15) is 18.4 Å². The van der Waals surface area contributed by atoms with Crippen molar-refractivity contribution < 1.29 is 128 Å². The maximum Gasteiger partial charge on any atom is 0.491 e. The molecule has 1 aliphatic rings. The Kier molecular flexibility index (Phi) is 45.7. The molecule has 756 valence electrons. The number of ether oxygens (including phenoxy) is 9. The number of rotatable bonds is 58. The summed E-state index contributed by atoms with van der Waals surface area (Å²) in [4.78, 5) is 164. The molecule has 12 N–H and O–H groups in total. The molecule has 7 rings (SSSR count). The fourth-order valence-electron chi connectivity index (χ4n) is 14.9. The topological polar surface area (TPSA) is 494 Å². The summed E-state index contributed by atoms with van der Waals surface area (Å²) in [6.07, 6.45) is -7.81. The van der Waals surface area contributed by atoms with Gasteiger partial charge in [-0.05, 0) is 157 Å². The predicted octanol–water partition coefficient (Wildman–Crippen LogP) is 7.60. The first-order valence-corrected chi connectivity index (χ1v) is 45.8. The van der Waals surface area contributed by atoms with E-state index in [9.17, 15) is 71.5 Å². The summed E-state index contributed by atoms with van der Waals surface area (Å²) in [6, 6.07) is 24.6. The molecule has 138 heavy (non-hydrogen) atoms. The summed E-state index contributed by atoms with van der Waals surface area (Å²) in [7, 11) is 8.32. The molecule has 0 spiro atoms. The van der Waals surface area contributed by atoms with Gasteiger partial charge >= 0.3 is 30.2 Å². The molecule has 43 heteroatoms. The van der Waals surface area contributed by atoms with Crippen molar-refractivity contribution >= 4 is 100.0 Å². The molecule has 0 fully saturated rings. The highest BCUT2D eigenvalue weighted by Gasteiger charge is 2.47. The van der Waals surface area contributed by atoms with Crippen LogP contribution in [0, 0.1) is 31.1 Å². The highest BCUT2D eigenvalue weighted by molar-refractivity contribution is 6.31. The van der Waals surface area contributed by atoms with Crippen LogP contribution in [-0.2, 0) is 121 Å². The summed E-state index contributed by atoms with van der Waals surface area (Å²) in [5, 5.41) is 51.0. The smallest absolute Gasteiger partial charge is 0.491 e. The second-order valence-electron chi connectivity index (χ2n) is 34.6. The Morgan fingerprint density at radius 2 is 1.22 bits per heavy atom. The maximum absolute atomic E-state index is 15.7. The van der Waals surface area contributed by atoms with E-state index in [1.54, 1.807) is 158 Å². The normalized spacial score (nSPS) is 13.2.